The number of halogens is 1. The molecule has 1 aliphatic rings. The van der Waals surface area contributed by atoms with Crippen molar-refractivity contribution in [3.05, 3.63) is 29.8 Å². The van der Waals surface area contributed by atoms with E-state index in [9.17, 15) is 0 Å². The normalized spacial score (nSPS) is 14.4. The fourth-order valence-electron chi connectivity index (χ4n) is 1.81. The second-order valence-electron chi connectivity index (χ2n) is 5.17. The van der Waals surface area contributed by atoms with Gasteiger partial charge in [0.15, 0.2) is 5.96 Å². The standard InChI is InChI=1S/C15H24N4.HI/c1-4-16-15(18-13-7-8-13)17-11-12-5-9-14(10-6-12)19(2)3;/h5-6,9-10,13H,4,7-8,11H2,1-3H3,(H2,16,17,18);1H. The van der Waals surface area contributed by atoms with E-state index in [0.29, 0.717) is 6.04 Å². The van der Waals surface area contributed by atoms with Crippen molar-refractivity contribution in [1.29, 1.82) is 0 Å². The van der Waals surface area contributed by atoms with Gasteiger partial charge < -0.3 is 15.5 Å². The van der Waals surface area contributed by atoms with E-state index in [2.05, 4.69) is 65.8 Å². The Kier molecular flexibility index (Phi) is 7.12. The van der Waals surface area contributed by atoms with Gasteiger partial charge in [-0.15, -0.1) is 24.0 Å². The first-order valence-electron chi connectivity index (χ1n) is 7.00. The summed E-state index contributed by atoms with van der Waals surface area (Å²) < 4.78 is 0. The lowest BCUT2D eigenvalue weighted by molar-refractivity contribution is 0.812. The van der Waals surface area contributed by atoms with Crippen molar-refractivity contribution in [3.63, 3.8) is 0 Å². The van der Waals surface area contributed by atoms with Crippen molar-refractivity contribution in [2.45, 2.75) is 32.4 Å². The molecule has 1 aliphatic carbocycles. The van der Waals surface area contributed by atoms with Crippen LogP contribution in [0.1, 0.15) is 25.3 Å². The summed E-state index contributed by atoms with van der Waals surface area (Å²) in [7, 11) is 4.10. The van der Waals surface area contributed by atoms with E-state index in [0.717, 1.165) is 19.0 Å². The van der Waals surface area contributed by atoms with Crippen LogP contribution in [-0.2, 0) is 6.54 Å². The maximum absolute atomic E-state index is 4.62. The quantitative estimate of drug-likeness (QED) is 0.463. The van der Waals surface area contributed by atoms with Crippen molar-refractivity contribution in [1.82, 2.24) is 10.6 Å². The molecule has 20 heavy (non-hydrogen) atoms. The fraction of sp³-hybridized carbons (Fsp3) is 0.533. The number of hydrogen-bond acceptors (Lipinski definition) is 2. The average molecular weight is 388 g/mol. The minimum absolute atomic E-state index is 0. The maximum atomic E-state index is 4.62. The summed E-state index contributed by atoms with van der Waals surface area (Å²) in [4.78, 5) is 6.72. The Labute approximate surface area is 139 Å². The number of nitrogens with zero attached hydrogens (tertiary/aromatic N) is 2. The molecule has 0 saturated heterocycles. The first-order chi connectivity index (χ1) is 9.19. The van der Waals surface area contributed by atoms with Crippen LogP contribution in [0.2, 0.25) is 0 Å². The van der Waals surface area contributed by atoms with Gasteiger partial charge in [-0.05, 0) is 37.5 Å². The van der Waals surface area contributed by atoms with E-state index in [1.54, 1.807) is 0 Å². The number of aliphatic imine (C=N–C) groups is 1. The van der Waals surface area contributed by atoms with Gasteiger partial charge in [0.2, 0.25) is 0 Å². The molecule has 2 N–H and O–H groups in total. The molecule has 0 atom stereocenters. The number of guanidine groups is 1. The molecule has 0 radical (unpaired) electrons. The van der Waals surface area contributed by atoms with Crippen molar-refractivity contribution in [2.24, 2.45) is 4.99 Å². The highest BCUT2D eigenvalue weighted by Gasteiger charge is 2.21. The van der Waals surface area contributed by atoms with Crippen LogP contribution in [0.15, 0.2) is 29.3 Å². The smallest absolute Gasteiger partial charge is 0.191 e. The Morgan fingerprint density at radius 2 is 1.90 bits per heavy atom. The van der Waals surface area contributed by atoms with E-state index in [1.165, 1.54) is 24.1 Å². The summed E-state index contributed by atoms with van der Waals surface area (Å²) in [6, 6.07) is 9.17. The predicted molar refractivity (Wildman–Crippen MR) is 97.2 cm³/mol. The van der Waals surface area contributed by atoms with Crippen molar-refractivity contribution in [3.8, 4) is 0 Å². The first-order valence-corrected chi connectivity index (χ1v) is 7.00. The second-order valence-corrected chi connectivity index (χ2v) is 5.17. The molecule has 1 saturated carbocycles. The summed E-state index contributed by atoms with van der Waals surface area (Å²) in [6.07, 6.45) is 2.53. The number of nitrogens with one attached hydrogen (secondary N) is 2. The van der Waals surface area contributed by atoms with Crippen LogP contribution in [0, 0.1) is 0 Å². The molecule has 1 fully saturated rings. The van der Waals surface area contributed by atoms with Crippen LogP contribution >= 0.6 is 24.0 Å². The average Bonchev–Trinajstić information content (AvgIpc) is 3.21. The number of anilines is 1. The first kappa shape index (κ1) is 17.1. The van der Waals surface area contributed by atoms with Crippen LogP contribution in [0.25, 0.3) is 0 Å². The summed E-state index contributed by atoms with van der Waals surface area (Å²) in [5.74, 6) is 0.932. The van der Waals surface area contributed by atoms with E-state index < -0.39 is 0 Å². The highest BCUT2D eigenvalue weighted by molar-refractivity contribution is 14.0. The zero-order chi connectivity index (χ0) is 13.7. The Bertz CT molecular complexity index is 424. The highest BCUT2D eigenvalue weighted by atomic mass is 127. The molecule has 112 valence electrons. The molecule has 0 aromatic heterocycles. The molecule has 1 aromatic rings. The van der Waals surface area contributed by atoms with Gasteiger partial charge in [0.1, 0.15) is 0 Å². The van der Waals surface area contributed by atoms with Crippen LogP contribution in [0.3, 0.4) is 0 Å². The molecule has 0 bridgehead atoms. The minimum Gasteiger partial charge on any atom is -0.378 e. The number of hydrogen-bond donors (Lipinski definition) is 2. The van der Waals surface area contributed by atoms with Gasteiger partial charge in [-0.2, -0.15) is 0 Å². The molecule has 0 unspecified atom stereocenters. The molecule has 5 heteroatoms. The summed E-state index contributed by atoms with van der Waals surface area (Å²) >= 11 is 0. The molecule has 1 aromatic carbocycles. The summed E-state index contributed by atoms with van der Waals surface area (Å²) in [6.45, 7) is 3.71. The van der Waals surface area contributed by atoms with E-state index in [-0.39, 0.29) is 24.0 Å². The fourth-order valence-corrected chi connectivity index (χ4v) is 1.81. The number of benzene rings is 1. The largest absolute Gasteiger partial charge is 0.378 e. The lowest BCUT2D eigenvalue weighted by atomic mass is 10.2. The van der Waals surface area contributed by atoms with Crippen molar-refractivity contribution >= 4 is 35.6 Å². The van der Waals surface area contributed by atoms with Crippen LogP contribution < -0.4 is 15.5 Å². The Balaban J connectivity index is 0.00000200. The lowest BCUT2D eigenvalue weighted by Gasteiger charge is -2.13. The van der Waals surface area contributed by atoms with Crippen LogP contribution in [0.5, 0.6) is 0 Å². The molecule has 2 rings (SSSR count). The molecule has 0 amide bonds. The zero-order valence-electron chi connectivity index (χ0n) is 12.5. The Morgan fingerprint density at radius 1 is 1.25 bits per heavy atom. The zero-order valence-corrected chi connectivity index (χ0v) is 14.8. The van der Waals surface area contributed by atoms with Crippen molar-refractivity contribution < 1.29 is 0 Å². The van der Waals surface area contributed by atoms with E-state index >= 15 is 0 Å². The van der Waals surface area contributed by atoms with E-state index in [1.807, 2.05) is 0 Å². The maximum Gasteiger partial charge on any atom is 0.191 e. The van der Waals surface area contributed by atoms with Gasteiger partial charge in [-0.25, -0.2) is 4.99 Å². The molecule has 0 aliphatic heterocycles. The highest BCUT2D eigenvalue weighted by Crippen LogP contribution is 2.18. The van der Waals surface area contributed by atoms with Crippen LogP contribution in [-0.4, -0.2) is 32.6 Å². The topological polar surface area (TPSA) is 39.7 Å². The van der Waals surface area contributed by atoms with Crippen LogP contribution in [0.4, 0.5) is 5.69 Å². The SMILES string of the molecule is CCNC(=NCc1ccc(N(C)C)cc1)NC1CC1.I. The van der Waals surface area contributed by atoms with Gasteiger partial charge >= 0.3 is 0 Å². The van der Waals surface area contributed by atoms with Gasteiger partial charge in [-0.1, -0.05) is 12.1 Å². The summed E-state index contributed by atoms with van der Waals surface area (Å²) in [5.41, 5.74) is 2.45. The van der Waals surface area contributed by atoms with Gasteiger partial charge in [0.05, 0.1) is 6.54 Å². The monoisotopic (exact) mass is 388 g/mol. The Hall–Kier alpha value is -0.980. The molecular formula is C15H25IN4. The van der Waals surface area contributed by atoms with Crippen molar-refractivity contribution in [2.75, 3.05) is 25.5 Å². The second kappa shape index (κ2) is 8.34. The molecule has 4 nitrogen and oxygen atoms in total. The van der Waals surface area contributed by atoms with Gasteiger partial charge in [0, 0.05) is 32.4 Å². The number of rotatable bonds is 5. The third-order valence-corrected chi connectivity index (χ3v) is 3.13. The molecule has 0 heterocycles. The predicted octanol–water partition coefficient (Wildman–Crippen LogP) is 2.59. The summed E-state index contributed by atoms with van der Waals surface area (Å²) in [5, 5.41) is 6.71. The minimum atomic E-state index is 0. The lowest BCUT2D eigenvalue weighted by Crippen LogP contribution is -2.38. The van der Waals surface area contributed by atoms with Gasteiger partial charge in [0.25, 0.3) is 0 Å². The molecule has 0 spiro atoms. The molecular weight excluding hydrogens is 363 g/mol. The third-order valence-electron chi connectivity index (χ3n) is 3.13. The Morgan fingerprint density at radius 3 is 2.40 bits per heavy atom. The third kappa shape index (κ3) is 5.56. The van der Waals surface area contributed by atoms with E-state index in [4.69, 9.17) is 0 Å². The van der Waals surface area contributed by atoms with Gasteiger partial charge in [-0.3, -0.25) is 0 Å².